The van der Waals surface area contributed by atoms with Crippen LogP contribution in [0.15, 0.2) is 29.7 Å². The Bertz CT molecular complexity index is 540. The number of hydrogen-bond acceptors (Lipinski definition) is 3. The fourth-order valence-corrected chi connectivity index (χ4v) is 3.05. The third-order valence-electron chi connectivity index (χ3n) is 2.20. The van der Waals surface area contributed by atoms with Crippen LogP contribution in [0.4, 0.5) is 5.69 Å². The number of nitrogens with one attached hydrogen (secondary N) is 1. The molecule has 86 valence electrons. The summed E-state index contributed by atoms with van der Waals surface area (Å²) in [5.74, 6) is 0.0514. The fourth-order valence-electron chi connectivity index (χ4n) is 1.47. The molecule has 0 amide bonds. The predicted molar refractivity (Wildman–Crippen MR) is 66.8 cm³/mol. The molecule has 0 fully saturated rings. The van der Waals surface area contributed by atoms with Crippen molar-refractivity contribution in [1.82, 2.24) is 0 Å². The summed E-state index contributed by atoms with van der Waals surface area (Å²) in [5, 5.41) is 5.30. The first-order valence-corrected chi connectivity index (χ1v) is 7.06. The van der Waals surface area contributed by atoms with Crippen LogP contribution in [0.1, 0.15) is 0 Å². The van der Waals surface area contributed by atoms with Gasteiger partial charge in [0, 0.05) is 10.4 Å². The summed E-state index contributed by atoms with van der Waals surface area (Å²) >= 11 is 11.8. The van der Waals surface area contributed by atoms with Crippen LogP contribution >= 0.6 is 23.2 Å². The van der Waals surface area contributed by atoms with E-state index in [1.165, 1.54) is 5.41 Å². The molecule has 0 radical (unpaired) electrons. The van der Waals surface area contributed by atoms with Crippen LogP contribution in [0.3, 0.4) is 0 Å². The van der Waals surface area contributed by atoms with Crippen molar-refractivity contribution in [3.8, 4) is 0 Å². The van der Waals surface area contributed by atoms with Crippen LogP contribution in [0.2, 0.25) is 10.0 Å². The highest BCUT2D eigenvalue weighted by atomic mass is 35.5. The molecule has 6 heteroatoms. The molecule has 3 nitrogen and oxygen atoms in total. The maximum Gasteiger partial charge on any atom is 0.173 e. The summed E-state index contributed by atoms with van der Waals surface area (Å²) in [7, 11) is -3.06. The zero-order valence-electron chi connectivity index (χ0n) is 8.15. The van der Waals surface area contributed by atoms with Gasteiger partial charge < -0.3 is 5.32 Å². The van der Waals surface area contributed by atoms with E-state index < -0.39 is 9.84 Å². The van der Waals surface area contributed by atoms with Crippen LogP contribution in [-0.4, -0.2) is 20.2 Å². The van der Waals surface area contributed by atoms with Gasteiger partial charge in [0.05, 0.1) is 22.5 Å². The van der Waals surface area contributed by atoms with Gasteiger partial charge in [-0.3, -0.25) is 0 Å². The van der Waals surface area contributed by atoms with Crippen LogP contribution in [0.25, 0.3) is 0 Å². The third-order valence-corrected chi connectivity index (χ3v) is 4.16. The summed E-state index contributed by atoms with van der Waals surface area (Å²) in [6.07, 6.45) is 1.60. The van der Waals surface area contributed by atoms with E-state index in [4.69, 9.17) is 23.2 Å². The predicted octanol–water partition coefficient (Wildman–Crippen LogP) is 2.72. The van der Waals surface area contributed by atoms with Crippen molar-refractivity contribution in [3.63, 3.8) is 0 Å². The van der Waals surface area contributed by atoms with Crippen molar-refractivity contribution in [2.75, 3.05) is 11.1 Å². The standard InChI is InChI=1S/C10H9Cl2NO2S/c11-7-1-2-9(12)10(5-7)13-8-3-4-16(14,15)6-8/h1-5,8,13H,6H2. The van der Waals surface area contributed by atoms with E-state index in [9.17, 15) is 8.42 Å². The smallest absolute Gasteiger partial charge is 0.173 e. The Morgan fingerprint density at radius 2 is 2.06 bits per heavy atom. The van der Waals surface area contributed by atoms with E-state index in [2.05, 4.69) is 5.32 Å². The molecule has 1 aliphatic heterocycles. The summed E-state index contributed by atoms with van der Waals surface area (Å²) in [4.78, 5) is 0. The largest absolute Gasteiger partial charge is 0.377 e. The van der Waals surface area contributed by atoms with E-state index in [0.717, 1.165) is 0 Å². The first-order chi connectivity index (χ1) is 7.46. The molecule has 16 heavy (non-hydrogen) atoms. The van der Waals surface area contributed by atoms with Crippen molar-refractivity contribution in [2.24, 2.45) is 0 Å². The monoisotopic (exact) mass is 277 g/mol. The zero-order valence-corrected chi connectivity index (χ0v) is 10.5. The Labute approximate surface area is 104 Å². The SMILES string of the molecule is O=S1(=O)C=CC(Nc2cc(Cl)ccc2Cl)C1. The van der Waals surface area contributed by atoms with Crippen molar-refractivity contribution in [3.05, 3.63) is 39.7 Å². The van der Waals surface area contributed by atoms with Crippen LogP contribution in [0, 0.1) is 0 Å². The molecule has 1 atom stereocenters. The maximum atomic E-state index is 11.2. The second-order valence-corrected chi connectivity index (χ2v) is 6.31. The van der Waals surface area contributed by atoms with Gasteiger partial charge in [-0.2, -0.15) is 0 Å². The molecule has 1 aromatic rings. The molecule has 0 saturated heterocycles. The van der Waals surface area contributed by atoms with Gasteiger partial charge in [-0.15, -0.1) is 0 Å². The molecule has 0 aliphatic carbocycles. The number of sulfone groups is 1. The van der Waals surface area contributed by atoms with Crippen molar-refractivity contribution >= 4 is 38.7 Å². The average molecular weight is 278 g/mol. The van der Waals surface area contributed by atoms with Gasteiger partial charge in [-0.05, 0) is 18.2 Å². The van der Waals surface area contributed by atoms with Crippen LogP contribution in [-0.2, 0) is 9.84 Å². The minimum atomic E-state index is -3.06. The Balaban J connectivity index is 2.17. The molecule has 0 aromatic heterocycles. The molecule has 1 heterocycles. The van der Waals surface area contributed by atoms with Gasteiger partial charge in [0.15, 0.2) is 9.84 Å². The molecular weight excluding hydrogens is 269 g/mol. The first kappa shape index (κ1) is 11.8. The topological polar surface area (TPSA) is 46.2 Å². The summed E-state index contributed by atoms with van der Waals surface area (Å²) in [6, 6.07) is 4.76. The number of benzene rings is 1. The average Bonchev–Trinajstić information content (AvgIpc) is 2.52. The molecule has 1 aliphatic rings. The molecule has 0 spiro atoms. The second-order valence-electron chi connectivity index (χ2n) is 3.53. The molecule has 0 bridgehead atoms. The molecule has 2 rings (SSSR count). The number of halogens is 2. The van der Waals surface area contributed by atoms with E-state index >= 15 is 0 Å². The number of anilines is 1. The third kappa shape index (κ3) is 2.70. The van der Waals surface area contributed by atoms with E-state index in [0.29, 0.717) is 15.7 Å². The van der Waals surface area contributed by atoms with Gasteiger partial charge in [0.25, 0.3) is 0 Å². The Morgan fingerprint density at radius 1 is 1.31 bits per heavy atom. The maximum absolute atomic E-state index is 11.2. The lowest BCUT2D eigenvalue weighted by Crippen LogP contribution is -2.21. The highest BCUT2D eigenvalue weighted by molar-refractivity contribution is 7.94. The lowest BCUT2D eigenvalue weighted by molar-refractivity contribution is 0.605. The highest BCUT2D eigenvalue weighted by Gasteiger charge is 2.21. The summed E-state index contributed by atoms with van der Waals surface area (Å²) in [6.45, 7) is 0. The van der Waals surface area contributed by atoms with Gasteiger partial charge in [0.1, 0.15) is 0 Å². The van der Waals surface area contributed by atoms with Crippen LogP contribution < -0.4 is 5.32 Å². The van der Waals surface area contributed by atoms with Crippen molar-refractivity contribution in [2.45, 2.75) is 6.04 Å². The Hall–Kier alpha value is -0.710. The van der Waals surface area contributed by atoms with Gasteiger partial charge in [0.2, 0.25) is 0 Å². The summed E-state index contributed by atoms with van der Waals surface area (Å²) < 4.78 is 22.4. The fraction of sp³-hybridized carbons (Fsp3) is 0.200. The number of hydrogen-bond donors (Lipinski definition) is 1. The Morgan fingerprint density at radius 3 is 2.69 bits per heavy atom. The van der Waals surface area contributed by atoms with Crippen molar-refractivity contribution < 1.29 is 8.42 Å². The normalized spacial score (nSPS) is 22.2. The first-order valence-electron chi connectivity index (χ1n) is 4.59. The molecular formula is C10H9Cl2NO2S. The molecule has 1 aromatic carbocycles. The van der Waals surface area contributed by atoms with Crippen molar-refractivity contribution in [1.29, 1.82) is 0 Å². The van der Waals surface area contributed by atoms with E-state index in [1.54, 1.807) is 24.3 Å². The molecule has 1 N–H and O–H groups in total. The zero-order chi connectivity index (χ0) is 11.8. The second kappa shape index (κ2) is 4.28. The minimum absolute atomic E-state index is 0.0514. The quantitative estimate of drug-likeness (QED) is 0.904. The highest BCUT2D eigenvalue weighted by Crippen LogP contribution is 2.27. The van der Waals surface area contributed by atoms with E-state index in [1.807, 2.05) is 0 Å². The lowest BCUT2D eigenvalue weighted by atomic mass is 10.2. The van der Waals surface area contributed by atoms with Gasteiger partial charge in [-0.1, -0.05) is 29.3 Å². The number of rotatable bonds is 2. The molecule has 0 saturated carbocycles. The minimum Gasteiger partial charge on any atom is -0.377 e. The summed E-state index contributed by atoms with van der Waals surface area (Å²) in [5.41, 5.74) is 0.640. The van der Waals surface area contributed by atoms with Gasteiger partial charge in [-0.25, -0.2) is 8.42 Å². The van der Waals surface area contributed by atoms with E-state index in [-0.39, 0.29) is 11.8 Å². The van der Waals surface area contributed by atoms with Gasteiger partial charge >= 0.3 is 0 Å². The molecule has 1 unspecified atom stereocenters. The lowest BCUT2D eigenvalue weighted by Gasteiger charge is -2.13. The van der Waals surface area contributed by atoms with Crippen LogP contribution in [0.5, 0.6) is 0 Å². The Kier molecular flexibility index (Phi) is 3.15.